The highest BCUT2D eigenvalue weighted by Gasteiger charge is 1.99. The number of carbonyl (C=O) groups excluding carboxylic acids is 2. The second-order valence-electron chi connectivity index (χ2n) is 3.03. The molecule has 0 aromatic heterocycles. The number of rotatable bonds is 6. The van der Waals surface area contributed by atoms with Crippen molar-refractivity contribution in [2.45, 2.75) is 20.3 Å². The van der Waals surface area contributed by atoms with E-state index in [9.17, 15) is 9.59 Å². The van der Waals surface area contributed by atoms with Crippen molar-refractivity contribution >= 4 is 12.3 Å². The summed E-state index contributed by atoms with van der Waals surface area (Å²) < 4.78 is 0. The molecular weight excluding hydrogens is 156 g/mol. The maximum absolute atomic E-state index is 10.9. The molecule has 0 heterocycles. The van der Waals surface area contributed by atoms with Gasteiger partial charge in [0, 0.05) is 6.54 Å². The molecule has 70 valence electrons. The molecule has 0 unspecified atom stereocenters. The molecule has 0 aliphatic heterocycles. The molecule has 2 N–H and O–H groups in total. The summed E-state index contributed by atoms with van der Waals surface area (Å²) in [6, 6.07) is 0. The van der Waals surface area contributed by atoms with E-state index in [1.54, 1.807) is 0 Å². The average molecular weight is 172 g/mol. The first-order valence-corrected chi connectivity index (χ1v) is 4.10. The van der Waals surface area contributed by atoms with E-state index >= 15 is 0 Å². The summed E-state index contributed by atoms with van der Waals surface area (Å²) in [6.45, 7) is 4.93. The van der Waals surface area contributed by atoms with Crippen molar-refractivity contribution in [3.63, 3.8) is 0 Å². The van der Waals surface area contributed by atoms with Crippen molar-refractivity contribution in [1.29, 1.82) is 0 Å². The molecule has 0 radical (unpaired) electrons. The second kappa shape index (κ2) is 6.64. The highest BCUT2D eigenvalue weighted by molar-refractivity contribution is 5.79. The van der Waals surface area contributed by atoms with Crippen molar-refractivity contribution in [2.24, 2.45) is 5.92 Å². The number of amides is 2. The molecule has 0 spiro atoms. The van der Waals surface area contributed by atoms with Crippen molar-refractivity contribution in [2.75, 3.05) is 13.1 Å². The summed E-state index contributed by atoms with van der Waals surface area (Å²) in [5, 5.41) is 4.98. The van der Waals surface area contributed by atoms with Crippen LogP contribution >= 0.6 is 0 Å². The smallest absolute Gasteiger partial charge is 0.239 e. The highest BCUT2D eigenvalue weighted by atomic mass is 16.2. The van der Waals surface area contributed by atoms with Crippen LogP contribution < -0.4 is 10.6 Å². The van der Waals surface area contributed by atoms with Gasteiger partial charge in [-0.2, -0.15) is 0 Å². The minimum Gasteiger partial charge on any atom is -0.355 e. The van der Waals surface area contributed by atoms with E-state index in [1.165, 1.54) is 0 Å². The predicted molar refractivity (Wildman–Crippen MR) is 46.5 cm³/mol. The molecule has 0 rings (SSSR count). The number of hydrogen-bond acceptors (Lipinski definition) is 2. The lowest BCUT2D eigenvalue weighted by atomic mass is 10.1. The molecule has 0 aliphatic carbocycles. The molecule has 0 aromatic rings. The maximum Gasteiger partial charge on any atom is 0.239 e. The van der Waals surface area contributed by atoms with E-state index in [4.69, 9.17) is 0 Å². The minimum absolute atomic E-state index is 0.0710. The van der Waals surface area contributed by atoms with Crippen LogP contribution in [-0.2, 0) is 9.59 Å². The van der Waals surface area contributed by atoms with E-state index in [0.29, 0.717) is 18.9 Å². The van der Waals surface area contributed by atoms with E-state index in [2.05, 4.69) is 24.5 Å². The third kappa shape index (κ3) is 7.05. The van der Waals surface area contributed by atoms with Gasteiger partial charge in [0.1, 0.15) is 0 Å². The molecule has 0 atom stereocenters. The first-order chi connectivity index (χ1) is 5.66. The van der Waals surface area contributed by atoms with Gasteiger partial charge >= 0.3 is 0 Å². The van der Waals surface area contributed by atoms with Gasteiger partial charge in [0.2, 0.25) is 12.3 Å². The minimum atomic E-state index is -0.136. The Hall–Kier alpha value is -1.06. The zero-order valence-electron chi connectivity index (χ0n) is 7.59. The Morgan fingerprint density at radius 2 is 2.17 bits per heavy atom. The number of carbonyl (C=O) groups is 2. The SMILES string of the molecule is CC(C)CCNC(=O)CNC=O. The van der Waals surface area contributed by atoms with E-state index in [1.807, 2.05) is 0 Å². The van der Waals surface area contributed by atoms with Gasteiger partial charge in [-0.1, -0.05) is 13.8 Å². The average Bonchev–Trinajstić information content (AvgIpc) is 2.00. The lowest BCUT2D eigenvalue weighted by Gasteiger charge is -2.06. The van der Waals surface area contributed by atoms with Gasteiger partial charge in [-0.05, 0) is 12.3 Å². The fourth-order valence-electron chi connectivity index (χ4n) is 0.697. The molecular formula is C8H16N2O2. The van der Waals surface area contributed by atoms with Gasteiger partial charge in [0.15, 0.2) is 0 Å². The van der Waals surface area contributed by atoms with Gasteiger partial charge in [-0.3, -0.25) is 9.59 Å². The molecule has 0 saturated heterocycles. The summed E-state index contributed by atoms with van der Waals surface area (Å²) in [7, 11) is 0. The predicted octanol–water partition coefficient (Wildman–Crippen LogP) is -0.105. The molecule has 0 aromatic carbocycles. The fourth-order valence-corrected chi connectivity index (χ4v) is 0.697. The molecule has 4 heteroatoms. The maximum atomic E-state index is 10.9. The fraction of sp³-hybridized carbons (Fsp3) is 0.750. The summed E-state index contributed by atoms with van der Waals surface area (Å²) >= 11 is 0. The Morgan fingerprint density at radius 3 is 2.67 bits per heavy atom. The van der Waals surface area contributed by atoms with Crippen LogP contribution in [0.4, 0.5) is 0 Å². The lowest BCUT2D eigenvalue weighted by molar-refractivity contribution is -0.122. The van der Waals surface area contributed by atoms with Gasteiger partial charge in [0.25, 0.3) is 0 Å². The molecule has 0 aliphatic rings. The van der Waals surface area contributed by atoms with Crippen molar-refractivity contribution in [3.05, 3.63) is 0 Å². The quantitative estimate of drug-likeness (QED) is 0.549. The molecule has 0 bridgehead atoms. The first kappa shape index (κ1) is 10.9. The molecule has 2 amide bonds. The van der Waals surface area contributed by atoms with Crippen LogP contribution in [0, 0.1) is 5.92 Å². The largest absolute Gasteiger partial charge is 0.355 e. The Bertz CT molecular complexity index is 146. The zero-order chi connectivity index (χ0) is 9.40. The van der Waals surface area contributed by atoms with Crippen molar-refractivity contribution in [1.82, 2.24) is 10.6 Å². The lowest BCUT2D eigenvalue weighted by Crippen LogP contribution is -2.34. The topological polar surface area (TPSA) is 58.2 Å². The van der Waals surface area contributed by atoms with Crippen LogP contribution in [-0.4, -0.2) is 25.4 Å². The highest BCUT2D eigenvalue weighted by Crippen LogP contribution is 1.95. The number of hydrogen-bond donors (Lipinski definition) is 2. The monoisotopic (exact) mass is 172 g/mol. The van der Waals surface area contributed by atoms with Crippen LogP contribution in [0.1, 0.15) is 20.3 Å². The Kier molecular flexibility index (Phi) is 6.05. The van der Waals surface area contributed by atoms with Gasteiger partial charge in [-0.15, -0.1) is 0 Å². The normalized spacial score (nSPS) is 9.58. The van der Waals surface area contributed by atoms with Crippen LogP contribution in [0.2, 0.25) is 0 Å². The van der Waals surface area contributed by atoms with E-state index < -0.39 is 0 Å². The second-order valence-corrected chi connectivity index (χ2v) is 3.03. The van der Waals surface area contributed by atoms with Crippen molar-refractivity contribution < 1.29 is 9.59 Å². The molecule has 12 heavy (non-hydrogen) atoms. The van der Waals surface area contributed by atoms with Crippen LogP contribution in [0.25, 0.3) is 0 Å². The zero-order valence-corrected chi connectivity index (χ0v) is 7.59. The Morgan fingerprint density at radius 1 is 1.50 bits per heavy atom. The third-order valence-electron chi connectivity index (χ3n) is 1.39. The third-order valence-corrected chi connectivity index (χ3v) is 1.39. The van der Waals surface area contributed by atoms with Gasteiger partial charge in [-0.25, -0.2) is 0 Å². The standard InChI is InChI=1S/C8H16N2O2/c1-7(2)3-4-10-8(12)5-9-6-11/h6-7H,3-5H2,1-2H3,(H,9,11)(H,10,12). The van der Waals surface area contributed by atoms with Crippen LogP contribution in [0.3, 0.4) is 0 Å². The Labute approximate surface area is 72.7 Å². The van der Waals surface area contributed by atoms with Gasteiger partial charge < -0.3 is 10.6 Å². The summed E-state index contributed by atoms with van der Waals surface area (Å²) in [5.74, 6) is 0.451. The summed E-state index contributed by atoms with van der Waals surface area (Å²) in [5.41, 5.74) is 0. The van der Waals surface area contributed by atoms with E-state index in [0.717, 1.165) is 6.42 Å². The van der Waals surface area contributed by atoms with Crippen molar-refractivity contribution in [3.8, 4) is 0 Å². The van der Waals surface area contributed by atoms with Gasteiger partial charge in [0.05, 0.1) is 6.54 Å². The van der Waals surface area contributed by atoms with Crippen LogP contribution in [0.5, 0.6) is 0 Å². The summed E-state index contributed by atoms with van der Waals surface area (Å²) in [6.07, 6.45) is 1.48. The summed E-state index contributed by atoms with van der Waals surface area (Å²) in [4.78, 5) is 20.7. The molecule has 0 fully saturated rings. The van der Waals surface area contributed by atoms with Crippen LogP contribution in [0.15, 0.2) is 0 Å². The number of nitrogens with one attached hydrogen (secondary N) is 2. The van der Waals surface area contributed by atoms with E-state index in [-0.39, 0.29) is 12.5 Å². The molecule has 4 nitrogen and oxygen atoms in total. The Balaban J connectivity index is 3.25. The first-order valence-electron chi connectivity index (χ1n) is 4.10. The molecule has 0 saturated carbocycles.